The number of hydrogen-bond acceptors (Lipinski definition) is 3. The Labute approximate surface area is 83.8 Å². The van der Waals surface area contributed by atoms with E-state index in [0.717, 1.165) is 11.5 Å². The Kier molecular flexibility index (Phi) is 2.11. The van der Waals surface area contributed by atoms with Crippen LogP contribution in [0.15, 0.2) is 18.2 Å². The van der Waals surface area contributed by atoms with Crippen LogP contribution < -0.4 is 15.2 Å². The average Bonchev–Trinajstić information content (AvgIpc) is 2.40. The van der Waals surface area contributed by atoms with Crippen molar-refractivity contribution in [2.75, 3.05) is 6.54 Å². The molecule has 0 saturated carbocycles. The van der Waals surface area contributed by atoms with E-state index < -0.39 is 5.79 Å². The molecule has 0 radical (unpaired) electrons. The minimum absolute atomic E-state index is 0.559. The Morgan fingerprint density at radius 3 is 2.71 bits per heavy atom. The third-order valence-corrected chi connectivity index (χ3v) is 2.35. The number of rotatable bonds is 2. The van der Waals surface area contributed by atoms with Gasteiger partial charge in [-0.2, -0.15) is 0 Å². The molecule has 1 aromatic carbocycles. The lowest BCUT2D eigenvalue weighted by Gasteiger charge is -2.21. The fourth-order valence-electron chi connectivity index (χ4n) is 1.63. The molecule has 1 unspecified atom stereocenters. The quantitative estimate of drug-likeness (QED) is 0.779. The fraction of sp³-hybridized carbons (Fsp3) is 0.455. The van der Waals surface area contributed by atoms with Crippen LogP contribution in [0.5, 0.6) is 11.5 Å². The van der Waals surface area contributed by atoms with E-state index in [0.29, 0.717) is 13.0 Å². The molecule has 1 aliphatic heterocycles. The molecule has 0 aromatic heterocycles. The third-order valence-electron chi connectivity index (χ3n) is 2.35. The van der Waals surface area contributed by atoms with Crippen LogP contribution in [-0.4, -0.2) is 12.3 Å². The molecule has 1 heterocycles. The minimum atomic E-state index is -0.578. The highest BCUT2D eigenvalue weighted by atomic mass is 16.7. The predicted molar refractivity (Wildman–Crippen MR) is 54.5 cm³/mol. The van der Waals surface area contributed by atoms with E-state index in [1.807, 2.05) is 32.0 Å². The molecule has 0 amide bonds. The zero-order valence-electron chi connectivity index (χ0n) is 8.54. The molecular formula is C11H15NO2. The normalized spacial score (nSPS) is 23.9. The molecule has 76 valence electrons. The minimum Gasteiger partial charge on any atom is -0.449 e. The monoisotopic (exact) mass is 193 g/mol. The predicted octanol–water partition coefficient (Wildman–Crippen LogP) is 1.83. The van der Waals surface area contributed by atoms with Gasteiger partial charge in [0.15, 0.2) is 11.5 Å². The van der Waals surface area contributed by atoms with Crippen LogP contribution in [0.4, 0.5) is 0 Å². The second kappa shape index (κ2) is 3.17. The van der Waals surface area contributed by atoms with Gasteiger partial charge in [-0.1, -0.05) is 6.07 Å². The van der Waals surface area contributed by atoms with Crippen molar-refractivity contribution in [3.05, 3.63) is 23.8 Å². The summed E-state index contributed by atoms with van der Waals surface area (Å²) >= 11 is 0. The van der Waals surface area contributed by atoms with Gasteiger partial charge in [0.1, 0.15) is 0 Å². The maximum atomic E-state index is 5.71. The number of nitrogens with two attached hydrogens (primary N) is 1. The van der Waals surface area contributed by atoms with Crippen LogP contribution in [0.1, 0.15) is 18.9 Å². The molecule has 0 bridgehead atoms. The molecule has 1 atom stereocenters. The van der Waals surface area contributed by atoms with Crippen LogP contribution in [0, 0.1) is 6.92 Å². The molecule has 0 aliphatic carbocycles. The first-order valence-corrected chi connectivity index (χ1v) is 4.82. The lowest BCUT2D eigenvalue weighted by molar-refractivity contribution is -0.0657. The summed E-state index contributed by atoms with van der Waals surface area (Å²) in [7, 11) is 0. The molecule has 0 saturated heterocycles. The van der Waals surface area contributed by atoms with Crippen molar-refractivity contribution in [2.45, 2.75) is 26.1 Å². The lowest BCUT2D eigenvalue weighted by atomic mass is 10.2. The van der Waals surface area contributed by atoms with Gasteiger partial charge in [-0.3, -0.25) is 0 Å². The Hall–Kier alpha value is -1.22. The van der Waals surface area contributed by atoms with Gasteiger partial charge >= 0.3 is 0 Å². The summed E-state index contributed by atoms with van der Waals surface area (Å²) in [6.45, 7) is 4.50. The lowest BCUT2D eigenvalue weighted by Crippen LogP contribution is -2.36. The van der Waals surface area contributed by atoms with E-state index in [1.54, 1.807) is 0 Å². The molecule has 0 spiro atoms. The van der Waals surface area contributed by atoms with Gasteiger partial charge in [-0.25, -0.2) is 0 Å². The molecular weight excluding hydrogens is 178 g/mol. The second-order valence-electron chi connectivity index (χ2n) is 3.83. The number of ether oxygens (including phenoxy) is 2. The molecule has 2 N–H and O–H groups in total. The molecule has 3 heteroatoms. The standard InChI is InChI=1S/C11H15NO2/c1-8-3-4-9-10(7-8)14-11(2,13-9)5-6-12/h3-4,7H,5-6,12H2,1-2H3. The van der Waals surface area contributed by atoms with Crippen LogP contribution in [0.25, 0.3) is 0 Å². The highest BCUT2D eigenvalue weighted by molar-refractivity contribution is 5.45. The summed E-state index contributed by atoms with van der Waals surface area (Å²) in [5, 5.41) is 0. The topological polar surface area (TPSA) is 44.5 Å². The smallest absolute Gasteiger partial charge is 0.250 e. The van der Waals surface area contributed by atoms with E-state index in [9.17, 15) is 0 Å². The van der Waals surface area contributed by atoms with Gasteiger partial charge in [0.05, 0.1) is 0 Å². The van der Waals surface area contributed by atoms with Gasteiger partial charge in [0, 0.05) is 13.3 Å². The average molecular weight is 193 g/mol. The first-order valence-electron chi connectivity index (χ1n) is 4.82. The Morgan fingerprint density at radius 2 is 2.00 bits per heavy atom. The highest BCUT2D eigenvalue weighted by Gasteiger charge is 2.35. The van der Waals surface area contributed by atoms with E-state index >= 15 is 0 Å². The largest absolute Gasteiger partial charge is 0.449 e. The first-order chi connectivity index (χ1) is 6.63. The summed E-state index contributed by atoms with van der Waals surface area (Å²) < 4.78 is 11.4. The summed E-state index contributed by atoms with van der Waals surface area (Å²) in [5.74, 6) is 1.05. The van der Waals surface area contributed by atoms with E-state index in [1.165, 1.54) is 5.56 Å². The van der Waals surface area contributed by atoms with Crippen molar-refractivity contribution < 1.29 is 9.47 Å². The van der Waals surface area contributed by atoms with Gasteiger partial charge in [0.2, 0.25) is 5.79 Å². The van der Waals surface area contributed by atoms with Crippen LogP contribution in [0.2, 0.25) is 0 Å². The van der Waals surface area contributed by atoms with Crippen molar-refractivity contribution >= 4 is 0 Å². The Morgan fingerprint density at radius 1 is 1.29 bits per heavy atom. The van der Waals surface area contributed by atoms with Crippen molar-refractivity contribution in [3.8, 4) is 11.5 Å². The Bertz CT molecular complexity index is 351. The van der Waals surface area contributed by atoms with Crippen LogP contribution in [-0.2, 0) is 0 Å². The number of fused-ring (bicyclic) bond motifs is 1. The number of aryl methyl sites for hydroxylation is 1. The van der Waals surface area contributed by atoms with Crippen molar-refractivity contribution in [3.63, 3.8) is 0 Å². The molecule has 1 aliphatic rings. The molecule has 14 heavy (non-hydrogen) atoms. The summed E-state index contributed by atoms with van der Waals surface area (Å²) in [4.78, 5) is 0. The number of benzene rings is 1. The van der Waals surface area contributed by atoms with E-state index in [-0.39, 0.29) is 0 Å². The van der Waals surface area contributed by atoms with Crippen molar-refractivity contribution in [1.29, 1.82) is 0 Å². The first kappa shape index (κ1) is 9.34. The highest BCUT2D eigenvalue weighted by Crippen LogP contribution is 2.40. The molecule has 2 rings (SSSR count). The number of hydrogen-bond donors (Lipinski definition) is 1. The fourth-order valence-corrected chi connectivity index (χ4v) is 1.63. The second-order valence-corrected chi connectivity index (χ2v) is 3.83. The maximum Gasteiger partial charge on any atom is 0.250 e. The van der Waals surface area contributed by atoms with Crippen molar-refractivity contribution in [1.82, 2.24) is 0 Å². The van der Waals surface area contributed by atoms with Gasteiger partial charge in [0.25, 0.3) is 0 Å². The van der Waals surface area contributed by atoms with E-state index in [4.69, 9.17) is 15.2 Å². The summed E-state index contributed by atoms with van der Waals surface area (Å²) in [6, 6.07) is 5.93. The SMILES string of the molecule is Cc1ccc2c(c1)OC(C)(CCN)O2. The zero-order valence-corrected chi connectivity index (χ0v) is 8.54. The summed E-state index contributed by atoms with van der Waals surface area (Å²) in [6.07, 6.45) is 0.695. The molecule has 0 fully saturated rings. The van der Waals surface area contributed by atoms with Gasteiger partial charge in [-0.15, -0.1) is 0 Å². The van der Waals surface area contributed by atoms with Gasteiger partial charge in [-0.05, 0) is 31.2 Å². The third kappa shape index (κ3) is 1.55. The van der Waals surface area contributed by atoms with Crippen LogP contribution in [0.3, 0.4) is 0 Å². The molecule has 1 aromatic rings. The van der Waals surface area contributed by atoms with Crippen molar-refractivity contribution in [2.24, 2.45) is 5.73 Å². The zero-order chi connectivity index (χ0) is 10.2. The Balaban J connectivity index is 2.25. The summed E-state index contributed by atoms with van der Waals surface area (Å²) in [5.41, 5.74) is 6.67. The van der Waals surface area contributed by atoms with E-state index in [2.05, 4.69) is 0 Å². The van der Waals surface area contributed by atoms with Crippen LogP contribution >= 0.6 is 0 Å². The van der Waals surface area contributed by atoms with Gasteiger partial charge < -0.3 is 15.2 Å². The molecule has 3 nitrogen and oxygen atoms in total. The maximum absolute atomic E-state index is 5.71.